The van der Waals surface area contributed by atoms with Crippen LogP contribution in [0.5, 0.6) is 0 Å². The summed E-state index contributed by atoms with van der Waals surface area (Å²) in [6.45, 7) is 5.57. The molecule has 1 aliphatic rings. The van der Waals surface area contributed by atoms with Gasteiger partial charge >= 0.3 is 6.09 Å². The Kier molecular flexibility index (Phi) is 5.22. The third kappa shape index (κ3) is 3.98. The molecule has 1 saturated heterocycles. The van der Waals surface area contributed by atoms with Gasteiger partial charge in [-0.2, -0.15) is 0 Å². The number of rotatable bonds is 3. The van der Waals surface area contributed by atoms with Crippen LogP contribution in [-0.2, 0) is 4.74 Å². The lowest BCUT2D eigenvalue weighted by Crippen LogP contribution is -2.50. The summed E-state index contributed by atoms with van der Waals surface area (Å²) in [7, 11) is 0. The molecular weight excluding hydrogens is 292 g/mol. The van der Waals surface area contributed by atoms with Crippen molar-refractivity contribution in [2.24, 2.45) is 0 Å². The lowest BCUT2D eigenvalue weighted by Gasteiger charge is -2.34. The van der Waals surface area contributed by atoms with Crippen LogP contribution in [0.1, 0.15) is 10.4 Å². The summed E-state index contributed by atoms with van der Waals surface area (Å²) in [5.74, 6) is -0.0726. The van der Waals surface area contributed by atoms with E-state index in [1.165, 1.54) is 6.08 Å². The van der Waals surface area contributed by atoms with Crippen molar-refractivity contribution in [2.75, 3.05) is 32.8 Å². The van der Waals surface area contributed by atoms with E-state index in [0.29, 0.717) is 36.8 Å². The van der Waals surface area contributed by atoms with Gasteiger partial charge in [0.05, 0.1) is 0 Å². The summed E-state index contributed by atoms with van der Waals surface area (Å²) in [6, 6.07) is 6.86. The number of halogens is 1. The molecule has 0 aromatic heterocycles. The van der Waals surface area contributed by atoms with Crippen LogP contribution < -0.4 is 0 Å². The Labute approximate surface area is 128 Å². The first-order valence-electron chi connectivity index (χ1n) is 6.69. The molecule has 0 spiro atoms. The van der Waals surface area contributed by atoms with Crippen molar-refractivity contribution in [3.63, 3.8) is 0 Å². The van der Waals surface area contributed by atoms with Gasteiger partial charge in [0.25, 0.3) is 5.91 Å². The fourth-order valence-electron chi connectivity index (χ4n) is 2.12. The van der Waals surface area contributed by atoms with E-state index in [1.54, 1.807) is 34.1 Å². The highest BCUT2D eigenvalue weighted by Gasteiger charge is 2.25. The van der Waals surface area contributed by atoms with Gasteiger partial charge in [0.1, 0.15) is 6.61 Å². The largest absolute Gasteiger partial charge is 0.445 e. The number of carbonyl (C=O) groups is 2. The Balaban J connectivity index is 1.90. The maximum absolute atomic E-state index is 12.3. The van der Waals surface area contributed by atoms with E-state index in [1.807, 2.05) is 0 Å². The lowest BCUT2D eigenvalue weighted by molar-refractivity contribution is 0.0581. The molecule has 2 rings (SSSR count). The highest BCUT2D eigenvalue weighted by Crippen LogP contribution is 2.14. The third-order valence-corrected chi connectivity index (χ3v) is 3.46. The van der Waals surface area contributed by atoms with Crippen molar-refractivity contribution < 1.29 is 14.3 Å². The van der Waals surface area contributed by atoms with Crippen molar-refractivity contribution in [1.29, 1.82) is 0 Å². The van der Waals surface area contributed by atoms with Gasteiger partial charge in [0, 0.05) is 36.8 Å². The molecule has 0 atom stereocenters. The minimum Gasteiger partial charge on any atom is -0.445 e. The molecule has 2 amide bonds. The second-order valence-electron chi connectivity index (χ2n) is 4.66. The Morgan fingerprint density at radius 1 is 1.24 bits per heavy atom. The van der Waals surface area contributed by atoms with Crippen molar-refractivity contribution in [3.8, 4) is 0 Å². The summed E-state index contributed by atoms with van der Waals surface area (Å²) in [5.41, 5.74) is 0.560. The minimum absolute atomic E-state index is 0.0726. The van der Waals surface area contributed by atoms with Crippen LogP contribution in [0.2, 0.25) is 5.02 Å². The normalized spacial score (nSPS) is 14.7. The van der Waals surface area contributed by atoms with Gasteiger partial charge in [-0.05, 0) is 18.2 Å². The van der Waals surface area contributed by atoms with Crippen LogP contribution >= 0.6 is 11.6 Å². The van der Waals surface area contributed by atoms with E-state index in [9.17, 15) is 9.59 Å². The number of amides is 2. The number of hydrogen-bond donors (Lipinski definition) is 0. The monoisotopic (exact) mass is 308 g/mol. The van der Waals surface area contributed by atoms with E-state index >= 15 is 0 Å². The zero-order valence-electron chi connectivity index (χ0n) is 11.6. The Morgan fingerprint density at radius 2 is 1.90 bits per heavy atom. The van der Waals surface area contributed by atoms with Crippen LogP contribution in [0.15, 0.2) is 36.9 Å². The summed E-state index contributed by atoms with van der Waals surface area (Å²) < 4.78 is 4.97. The Morgan fingerprint density at radius 3 is 2.52 bits per heavy atom. The fraction of sp³-hybridized carbons (Fsp3) is 0.333. The van der Waals surface area contributed by atoms with E-state index in [2.05, 4.69) is 6.58 Å². The van der Waals surface area contributed by atoms with Crippen molar-refractivity contribution in [2.45, 2.75) is 0 Å². The first-order chi connectivity index (χ1) is 10.1. The van der Waals surface area contributed by atoms with Gasteiger partial charge in [-0.3, -0.25) is 4.79 Å². The molecule has 0 bridgehead atoms. The number of hydrogen-bond acceptors (Lipinski definition) is 3. The van der Waals surface area contributed by atoms with Crippen LogP contribution in [0.25, 0.3) is 0 Å². The maximum atomic E-state index is 12.3. The molecule has 0 N–H and O–H groups in total. The summed E-state index contributed by atoms with van der Waals surface area (Å²) in [4.78, 5) is 27.3. The smallest absolute Gasteiger partial charge is 0.410 e. The average molecular weight is 309 g/mol. The molecule has 1 fully saturated rings. The predicted octanol–water partition coefficient (Wildman–Crippen LogP) is 2.42. The first kappa shape index (κ1) is 15.4. The summed E-state index contributed by atoms with van der Waals surface area (Å²) in [6.07, 6.45) is 1.15. The molecule has 112 valence electrons. The van der Waals surface area contributed by atoms with Gasteiger partial charge in [-0.15, -0.1) is 0 Å². The molecule has 0 radical (unpaired) electrons. The van der Waals surface area contributed by atoms with Crippen LogP contribution in [-0.4, -0.2) is 54.6 Å². The van der Waals surface area contributed by atoms with Crippen LogP contribution in [0.3, 0.4) is 0 Å². The quantitative estimate of drug-likeness (QED) is 0.806. The number of benzene rings is 1. The van der Waals surface area contributed by atoms with Crippen LogP contribution in [0, 0.1) is 0 Å². The number of ether oxygens (including phenoxy) is 1. The molecule has 0 saturated carbocycles. The molecule has 5 nitrogen and oxygen atoms in total. The van der Waals surface area contributed by atoms with Crippen molar-refractivity contribution in [3.05, 3.63) is 47.5 Å². The third-order valence-electron chi connectivity index (χ3n) is 3.22. The summed E-state index contributed by atoms with van der Waals surface area (Å²) >= 11 is 5.89. The SMILES string of the molecule is C=CCOC(=O)N1CCN(C(=O)c2cccc(Cl)c2)CC1. The number of piperazine rings is 1. The van der Waals surface area contributed by atoms with Crippen molar-refractivity contribution >= 4 is 23.6 Å². The second kappa shape index (κ2) is 7.13. The lowest BCUT2D eigenvalue weighted by atomic mass is 10.2. The van der Waals surface area contributed by atoms with Gasteiger partial charge in [0.2, 0.25) is 0 Å². The Bertz CT molecular complexity index is 539. The highest BCUT2D eigenvalue weighted by molar-refractivity contribution is 6.30. The highest BCUT2D eigenvalue weighted by atomic mass is 35.5. The standard InChI is InChI=1S/C15H17ClN2O3/c1-2-10-21-15(20)18-8-6-17(7-9-18)14(19)12-4-3-5-13(16)11-12/h2-5,11H,1,6-10H2. The van der Waals surface area contributed by atoms with Crippen molar-refractivity contribution in [1.82, 2.24) is 9.80 Å². The molecular formula is C15H17ClN2O3. The molecule has 0 unspecified atom stereocenters. The Hall–Kier alpha value is -2.01. The molecule has 1 aliphatic heterocycles. The zero-order chi connectivity index (χ0) is 15.2. The maximum Gasteiger partial charge on any atom is 0.410 e. The summed E-state index contributed by atoms with van der Waals surface area (Å²) in [5, 5.41) is 0.535. The number of carbonyl (C=O) groups excluding carboxylic acids is 2. The molecule has 0 aliphatic carbocycles. The second-order valence-corrected chi connectivity index (χ2v) is 5.09. The van der Waals surface area contributed by atoms with E-state index in [0.717, 1.165) is 0 Å². The zero-order valence-corrected chi connectivity index (χ0v) is 12.4. The molecule has 6 heteroatoms. The minimum atomic E-state index is -0.371. The fourth-order valence-corrected chi connectivity index (χ4v) is 2.31. The molecule has 1 heterocycles. The predicted molar refractivity (Wildman–Crippen MR) is 80.5 cm³/mol. The first-order valence-corrected chi connectivity index (χ1v) is 7.07. The average Bonchev–Trinajstić information content (AvgIpc) is 2.52. The molecule has 1 aromatic rings. The number of nitrogens with zero attached hydrogens (tertiary/aromatic N) is 2. The van der Waals surface area contributed by atoms with E-state index < -0.39 is 0 Å². The van der Waals surface area contributed by atoms with Gasteiger partial charge in [-0.25, -0.2) is 4.79 Å². The van der Waals surface area contributed by atoms with Gasteiger partial charge in [-0.1, -0.05) is 30.3 Å². The topological polar surface area (TPSA) is 49.9 Å². The van der Waals surface area contributed by atoms with Crippen LogP contribution in [0.4, 0.5) is 4.79 Å². The van der Waals surface area contributed by atoms with E-state index in [-0.39, 0.29) is 18.6 Å². The van der Waals surface area contributed by atoms with E-state index in [4.69, 9.17) is 16.3 Å². The van der Waals surface area contributed by atoms with Gasteiger partial charge < -0.3 is 14.5 Å². The van der Waals surface area contributed by atoms with Gasteiger partial charge in [0.15, 0.2) is 0 Å². The molecule has 1 aromatic carbocycles. The molecule has 21 heavy (non-hydrogen) atoms.